The Labute approximate surface area is 208 Å². The molecule has 0 radical (unpaired) electrons. The number of carbonyl (C=O) groups is 1. The van der Waals surface area contributed by atoms with Gasteiger partial charge in [-0.3, -0.25) is 0 Å². The van der Waals surface area contributed by atoms with Crippen LogP contribution in [0.15, 0.2) is 65.0 Å². The Morgan fingerprint density at radius 3 is 2.80 bits per heavy atom. The second kappa shape index (κ2) is 11.4. The molecule has 0 bridgehead atoms. The fraction of sp³-hybridized carbons (Fsp3) is 0.346. The lowest BCUT2D eigenvalue weighted by Gasteiger charge is -2.28. The molecule has 184 valence electrons. The molecule has 0 aliphatic carbocycles. The lowest BCUT2D eigenvalue weighted by molar-refractivity contribution is -0.139. The minimum absolute atomic E-state index is 0.262. The van der Waals surface area contributed by atoms with E-state index >= 15 is 0 Å². The molecule has 2 aromatic carbocycles. The standard InChI is InChI=1S/C26H29FN4O3S/c1-4-6-14-34-24(32)22-17(3)28-25-29-26(35-16-19-10-7-8-13-21(19)27)30-31(25)23(22)18-11-9-12-20(15-18)33-5-2/h7-13,15,23H,4-6,14,16H2,1-3H3,(H,28,29,30). The zero-order chi connectivity index (χ0) is 24.8. The highest BCUT2D eigenvalue weighted by Gasteiger charge is 2.35. The number of esters is 1. The first-order valence-corrected chi connectivity index (χ1v) is 12.7. The third-order valence-electron chi connectivity index (χ3n) is 5.58. The molecule has 0 fully saturated rings. The van der Waals surface area contributed by atoms with Crippen LogP contribution in [-0.2, 0) is 15.3 Å². The summed E-state index contributed by atoms with van der Waals surface area (Å²) in [4.78, 5) is 17.8. The number of benzene rings is 2. The summed E-state index contributed by atoms with van der Waals surface area (Å²) in [6.45, 7) is 6.69. The van der Waals surface area contributed by atoms with Gasteiger partial charge in [0.1, 0.15) is 17.6 Å². The largest absolute Gasteiger partial charge is 0.494 e. The normalized spacial score (nSPS) is 14.9. The smallest absolute Gasteiger partial charge is 0.338 e. The maximum absolute atomic E-state index is 14.1. The maximum atomic E-state index is 14.1. The highest BCUT2D eigenvalue weighted by molar-refractivity contribution is 7.98. The van der Waals surface area contributed by atoms with Crippen LogP contribution in [0.1, 0.15) is 50.8 Å². The lowest BCUT2D eigenvalue weighted by atomic mass is 9.95. The van der Waals surface area contributed by atoms with E-state index in [1.807, 2.05) is 45.0 Å². The van der Waals surface area contributed by atoms with Crippen molar-refractivity contribution in [2.24, 2.45) is 0 Å². The summed E-state index contributed by atoms with van der Waals surface area (Å²) in [6.07, 6.45) is 1.72. The summed E-state index contributed by atoms with van der Waals surface area (Å²) in [6, 6.07) is 13.7. The Kier molecular flexibility index (Phi) is 8.07. The summed E-state index contributed by atoms with van der Waals surface area (Å²) in [5.74, 6) is 0.948. The van der Waals surface area contributed by atoms with Crippen molar-refractivity contribution < 1.29 is 18.7 Å². The van der Waals surface area contributed by atoms with E-state index in [0.717, 1.165) is 18.4 Å². The first-order valence-electron chi connectivity index (χ1n) is 11.7. The number of thioether (sulfide) groups is 1. The van der Waals surface area contributed by atoms with Crippen LogP contribution in [0.5, 0.6) is 5.75 Å². The van der Waals surface area contributed by atoms with Crippen LogP contribution >= 0.6 is 11.8 Å². The van der Waals surface area contributed by atoms with Crippen LogP contribution in [0.4, 0.5) is 10.3 Å². The number of unbranched alkanes of at least 4 members (excludes halogenated alkanes) is 1. The van der Waals surface area contributed by atoms with Gasteiger partial charge in [0.15, 0.2) is 0 Å². The Hall–Kier alpha value is -3.33. The highest BCUT2D eigenvalue weighted by Crippen LogP contribution is 2.38. The molecule has 1 atom stereocenters. The predicted molar refractivity (Wildman–Crippen MR) is 134 cm³/mol. The quantitative estimate of drug-likeness (QED) is 0.218. The number of nitrogens with one attached hydrogen (secondary N) is 1. The van der Waals surface area contributed by atoms with Crippen LogP contribution in [0.2, 0.25) is 0 Å². The molecular weight excluding hydrogens is 467 g/mol. The van der Waals surface area contributed by atoms with Crippen molar-refractivity contribution in [1.29, 1.82) is 0 Å². The Morgan fingerprint density at radius 2 is 2.03 bits per heavy atom. The Morgan fingerprint density at radius 1 is 1.20 bits per heavy atom. The van der Waals surface area contributed by atoms with Gasteiger partial charge in [-0.15, -0.1) is 5.10 Å². The maximum Gasteiger partial charge on any atom is 0.338 e. The van der Waals surface area contributed by atoms with Gasteiger partial charge in [0.05, 0.1) is 18.8 Å². The number of ether oxygens (including phenoxy) is 2. The molecule has 0 spiro atoms. The van der Waals surface area contributed by atoms with Crippen LogP contribution < -0.4 is 10.1 Å². The molecule has 0 saturated carbocycles. The van der Waals surface area contributed by atoms with Crippen LogP contribution in [0.25, 0.3) is 0 Å². The average Bonchev–Trinajstić information content (AvgIpc) is 3.25. The number of allylic oxidation sites excluding steroid dienone is 1. The highest BCUT2D eigenvalue weighted by atomic mass is 32.2. The van der Waals surface area contributed by atoms with Gasteiger partial charge in [0.2, 0.25) is 11.1 Å². The van der Waals surface area contributed by atoms with Crippen molar-refractivity contribution in [3.63, 3.8) is 0 Å². The minimum Gasteiger partial charge on any atom is -0.494 e. The summed E-state index contributed by atoms with van der Waals surface area (Å²) in [5.41, 5.74) is 2.53. The molecular formula is C26H29FN4O3S. The number of anilines is 1. The molecule has 0 amide bonds. The number of carbonyl (C=O) groups excluding carboxylic acids is 1. The summed E-state index contributed by atoms with van der Waals surface area (Å²) in [7, 11) is 0. The van der Waals surface area contributed by atoms with E-state index in [0.29, 0.717) is 52.7 Å². The average molecular weight is 497 g/mol. The molecule has 2 heterocycles. The third-order valence-corrected chi connectivity index (χ3v) is 6.47. The van der Waals surface area contributed by atoms with Gasteiger partial charge in [0, 0.05) is 11.4 Å². The van der Waals surface area contributed by atoms with Gasteiger partial charge in [-0.2, -0.15) is 4.98 Å². The molecule has 7 nitrogen and oxygen atoms in total. The number of rotatable bonds is 10. The van der Waals surface area contributed by atoms with Gasteiger partial charge >= 0.3 is 5.97 Å². The van der Waals surface area contributed by atoms with Crippen molar-refractivity contribution >= 4 is 23.7 Å². The molecule has 0 saturated heterocycles. The zero-order valence-corrected chi connectivity index (χ0v) is 20.9. The second-order valence-electron chi connectivity index (χ2n) is 8.10. The number of halogens is 1. The summed E-state index contributed by atoms with van der Waals surface area (Å²) < 4.78 is 27.1. The molecule has 35 heavy (non-hydrogen) atoms. The first-order chi connectivity index (χ1) is 17.0. The number of hydrogen-bond donors (Lipinski definition) is 1. The van der Waals surface area contributed by atoms with Crippen LogP contribution in [-0.4, -0.2) is 33.9 Å². The fourth-order valence-electron chi connectivity index (χ4n) is 3.85. The van der Waals surface area contributed by atoms with Crippen molar-refractivity contribution in [3.8, 4) is 5.75 Å². The summed E-state index contributed by atoms with van der Waals surface area (Å²) in [5, 5.41) is 8.38. The van der Waals surface area contributed by atoms with Crippen LogP contribution in [0.3, 0.4) is 0 Å². The SMILES string of the molecule is CCCCOC(=O)C1=C(C)Nc2nc(SCc3ccccc3F)nn2C1c1cccc(OCC)c1. The van der Waals surface area contributed by atoms with Crippen molar-refractivity contribution in [2.75, 3.05) is 18.5 Å². The Bertz CT molecular complexity index is 1230. The fourth-order valence-corrected chi connectivity index (χ4v) is 4.67. The van der Waals surface area contributed by atoms with E-state index in [4.69, 9.17) is 14.6 Å². The first kappa shape index (κ1) is 24.8. The lowest BCUT2D eigenvalue weighted by Crippen LogP contribution is -2.29. The Balaban J connectivity index is 1.68. The van der Waals surface area contributed by atoms with E-state index < -0.39 is 12.0 Å². The predicted octanol–water partition coefficient (Wildman–Crippen LogP) is 5.74. The van der Waals surface area contributed by atoms with E-state index in [1.165, 1.54) is 17.8 Å². The van der Waals surface area contributed by atoms with Crippen molar-refractivity contribution in [1.82, 2.24) is 14.8 Å². The molecule has 1 aromatic heterocycles. The van der Waals surface area contributed by atoms with E-state index in [2.05, 4.69) is 10.3 Å². The molecule has 1 unspecified atom stereocenters. The van der Waals surface area contributed by atoms with E-state index in [-0.39, 0.29) is 5.82 Å². The second-order valence-corrected chi connectivity index (χ2v) is 9.05. The minimum atomic E-state index is -0.545. The molecule has 1 aliphatic heterocycles. The van der Waals surface area contributed by atoms with Gasteiger partial charge in [-0.1, -0.05) is 55.4 Å². The van der Waals surface area contributed by atoms with Gasteiger partial charge in [-0.05, 0) is 49.6 Å². The molecule has 9 heteroatoms. The number of fused-ring (bicyclic) bond motifs is 1. The molecule has 1 N–H and O–H groups in total. The van der Waals surface area contributed by atoms with Crippen molar-refractivity contribution in [3.05, 3.63) is 76.7 Å². The molecule has 3 aromatic rings. The van der Waals surface area contributed by atoms with Crippen LogP contribution in [0, 0.1) is 5.82 Å². The number of nitrogens with zero attached hydrogens (tertiary/aromatic N) is 3. The van der Waals surface area contributed by atoms with E-state index in [1.54, 1.807) is 22.9 Å². The third kappa shape index (κ3) is 5.67. The monoisotopic (exact) mass is 496 g/mol. The molecule has 1 aliphatic rings. The van der Waals surface area contributed by atoms with E-state index in [9.17, 15) is 9.18 Å². The number of hydrogen-bond acceptors (Lipinski definition) is 7. The molecule has 4 rings (SSSR count). The number of aromatic nitrogens is 3. The van der Waals surface area contributed by atoms with Gasteiger partial charge in [0.25, 0.3) is 0 Å². The zero-order valence-electron chi connectivity index (χ0n) is 20.1. The summed E-state index contributed by atoms with van der Waals surface area (Å²) >= 11 is 1.33. The topological polar surface area (TPSA) is 78.3 Å². The van der Waals surface area contributed by atoms with Gasteiger partial charge < -0.3 is 14.8 Å². The van der Waals surface area contributed by atoms with Gasteiger partial charge in [-0.25, -0.2) is 13.9 Å². The van der Waals surface area contributed by atoms with Crippen molar-refractivity contribution in [2.45, 2.75) is 50.6 Å².